The fourth-order valence-corrected chi connectivity index (χ4v) is 3.55. The van der Waals surface area contributed by atoms with Crippen molar-refractivity contribution in [3.05, 3.63) is 45.9 Å². The van der Waals surface area contributed by atoms with E-state index in [9.17, 15) is 0 Å². The highest BCUT2D eigenvalue weighted by atomic mass is 35.5. The molecule has 1 N–H and O–H groups in total. The first-order valence-electron chi connectivity index (χ1n) is 6.28. The van der Waals surface area contributed by atoms with Gasteiger partial charge in [0.15, 0.2) is 0 Å². The van der Waals surface area contributed by atoms with Gasteiger partial charge in [0.2, 0.25) is 0 Å². The van der Waals surface area contributed by atoms with Gasteiger partial charge in [0.1, 0.15) is 0 Å². The number of nitrogens with one attached hydrogen (secondary N) is 1. The Bertz CT molecular complexity index is 471. The van der Waals surface area contributed by atoms with E-state index in [2.05, 4.69) is 29.4 Å². The van der Waals surface area contributed by atoms with Gasteiger partial charge in [-0.05, 0) is 30.8 Å². The predicted molar refractivity (Wildman–Crippen MR) is 85.5 cm³/mol. The Morgan fingerprint density at radius 3 is 2.79 bits per heavy atom. The predicted octanol–water partition coefficient (Wildman–Crippen LogP) is 4.11. The van der Waals surface area contributed by atoms with E-state index in [4.69, 9.17) is 11.6 Å². The average molecular weight is 313 g/mol. The number of rotatable bonds is 7. The molecule has 0 aliphatic carbocycles. The average Bonchev–Trinajstić information content (AvgIpc) is 2.91. The lowest BCUT2D eigenvalue weighted by molar-refractivity contribution is 0.571. The molecule has 0 aliphatic heterocycles. The zero-order chi connectivity index (χ0) is 13.5. The minimum absolute atomic E-state index is 0.455. The van der Waals surface area contributed by atoms with Crippen LogP contribution in [0.1, 0.15) is 11.9 Å². The van der Waals surface area contributed by atoms with Gasteiger partial charge in [-0.2, -0.15) is 0 Å². The van der Waals surface area contributed by atoms with Crippen molar-refractivity contribution < 1.29 is 0 Å². The summed E-state index contributed by atoms with van der Waals surface area (Å²) in [4.78, 5) is 5.61. The zero-order valence-corrected chi connectivity index (χ0v) is 13.2. The Hall–Kier alpha value is -0.550. The second kappa shape index (κ2) is 7.90. The van der Waals surface area contributed by atoms with E-state index < -0.39 is 0 Å². The van der Waals surface area contributed by atoms with Crippen LogP contribution in [0.4, 0.5) is 0 Å². The van der Waals surface area contributed by atoms with Gasteiger partial charge in [-0.25, -0.2) is 4.98 Å². The third kappa shape index (κ3) is 5.15. The Morgan fingerprint density at radius 2 is 2.16 bits per heavy atom. The number of halogens is 1. The summed E-state index contributed by atoms with van der Waals surface area (Å²) in [6.07, 6.45) is 2.86. The smallest absolute Gasteiger partial charge is 0.0940 e. The lowest BCUT2D eigenvalue weighted by atomic mass is 10.2. The van der Waals surface area contributed by atoms with Crippen molar-refractivity contribution >= 4 is 34.7 Å². The fourth-order valence-electron chi connectivity index (χ4n) is 1.77. The quantitative estimate of drug-likeness (QED) is 0.779. The molecule has 2 rings (SSSR count). The molecule has 1 aromatic heterocycles. The largest absolute Gasteiger partial charge is 0.313 e. The Labute approximate surface area is 127 Å². The van der Waals surface area contributed by atoms with Gasteiger partial charge in [0.25, 0.3) is 0 Å². The SMILES string of the molecule is CCNC(CSc1ccc(Cl)cc1)Cc1nccs1. The van der Waals surface area contributed by atoms with Crippen LogP contribution < -0.4 is 5.32 Å². The molecular formula is C14H17ClN2S2. The molecule has 1 aromatic carbocycles. The van der Waals surface area contributed by atoms with Gasteiger partial charge >= 0.3 is 0 Å². The molecular weight excluding hydrogens is 296 g/mol. The molecule has 1 heterocycles. The number of likely N-dealkylation sites (N-methyl/N-ethyl adjacent to an activating group) is 1. The van der Waals surface area contributed by atoms with E-state index in [0.717, 1.165) is 23.7 Å². The summed E-state index contributed by atoms with van der Waals surface area (Å²) in [5.74, 6) is 1.04. The van der Waals surface area contributed by atoms with Crippen molar-refractivity contribution in [2.24, 2.45) is 0 Å². The molecule has 0 fully saturated rings. The van der Waals surface area contributed by atoms with Gasteiger partial charge in [0, 0.05) is 39.7 Å². The van der Waals surface area contributed by atoms with Crippen molar-refractivity contribution in [2.75, 3.05) is 12.3 Å². The maximum Gasteiger partial charge on any atom is 0.0940 e. The first kappa shape index (κ1) is 14.9. The number of thiazole rings is 1. The summed E-state index contributed by atoms with van der Waals surface area (Å²) in [6.45, 7) is 3.12. The third-order valence-corrected chi connectivity index (χ3v) is 4.89. The molecule has 2 aromatic rings. The van der Waals surface area contributed by atoms with E-state index in [1.807, 2.05) is 35.5 Å². The van der Waals surface area contributed by atoms with Crippen LogP contribution in [0.25, 0.3) is 0 Å². The highest BCUT2D eigenvalue weighted by Crippen LogP contribution is 2.22. The highest BCUT2D eigenvalue weighted by molar-refractivity contribution is 7.99. The molecule has 1 unspecified atom stereocenters. The second-order valence-corrected chi connectivity index (χ2v) is 6.66. The summed E-state index contributed by atoms with van der Waals surface area (Å²) in [6, 6.07) is 8.47. The van der Waals surface area contributed by atoms with Crippen molar-refractivity contribution in [3.63, 3.8) is 0 Å². The first-order valence-corrected chi connectivity index (χ1v) is 8.52. The summed E-state index contributed by atoms with van der Waals surface area (Å²) < 4.78 is 0. The Morgan fingerprint density at radius 1 is 1.37 bits per heavy atom. The zero-order valence-electron chi connectivity index (χ0n) is 10.8. The Kier molecular flexibility index (Phi) is 6.17. The molecule has 1 atom stereocenters. The molecule has 102 valence electrons. The van der Waals surface area contributed by atoms with Crippen molar-refractivity contribution in [1.29, 1.82) is 0 Å². The van der Waals surface area contributed by atoms with E-state index >= 15 is 0 Å². The van der Waals surface area contributed by atoms with Crippen molar-refractivity contribution in [1.82, 2.24) is 10.3 Å². The van der Waals surface area contributed by atoms with Gasteiger partial charge in [-0.3, -0.25) is 0 Å². The fraction of sp³-hybridized carbons (Fsp3) is 0.357. The van der Waals surface area contributed by atoms with E-state index in [0.29, 0.717) is 6.04 Å². The van der Waals surface area contributed by atoms with E-state index in [1.54, 1.807) is 11.3 Å². The lowest BCUT2D eigenvalue weighted by Gasteiger charge is -2.16. The van der Waals surface area contributed by atoms with Crippen LogP contribution in [0, 0.1) is 0 Å². The maximum absolute atomic E-state index is 5.89. The molecule has 19 heavy (non-hydrogen) atoms. The van der Waals surface area contributed by atoms with Crippen LogP contribution in [0.5, 0.6) is 0 Å². The van der Waals surface area contributed by atoms with Crippen LogP contribution in [0.15, 0.2) is 40.7 Å². The van der Waals surface area contributed by atoms with Gasteiger partial charge < -0.3 is 5.32 Å². The van der Waals surface area contributed by atoms with Crippen LogP contribution in [0.3, 0.4) is 0 Å². The van der Waals surface area contributed by atoms with Gasteiger partial charge in [0.05, 0.1) is 5.01 Å². The number of benzene rings is 1. The summed E-state index contributed by atoms with van der Waals surface area (Å²) in [5.41, 5.74) is 0. The molecule has 0 spiro atoms. The van der Waals surface area contributed by atoms with Crippen molar-refractivity contribution in [3.8, 4) is 0 Å². The maximum atomic E-state index is 5.89. The topological polar surface area (TPSA) is 24.9 Å². The first-order chi connectivity index (χ1) is 9.28. The number of hydrogen-bond donors (Lipinski definition) is 1. The molecule has 2 nitrogen and oxygen atoms in total. The molecule has 0 saturated carbocycles. The monoisotopic (exact) mass is 312 g/mol. The highest BCUT2D eigenvalue weighted by Gasteiger charge is 2.10. The van der Waals surface area contributed by atoms with Crippen LogP contribution in [-0.2, 0) is 6.42 Å². The minimum atomic E-state index is 0.455. The number of aromatic nitrogens is 1. The van der Waals surface area contributed by atoms with Gasteiger partial charge in [-0.15, -0.1) is 23.1 Å². The third-order valence-electron chi connectivity index (χ3n) is 2.66. The standard InChI is InChI=1S/C14H17ClN2S2/c1-2-16-12(9-14-17-7-8-18-14)10-19-13-5-3-11(15)4-6-13/h3-8,12,16H,2,9-10H2,1H3. The van der Waals surface area contributed by atoms with Crippen LogP contribution >= 0.6 is 34.7 Å². The molecule has 0 saturated heterocycles. The van der Waals surface area contributed by atoms with Crippen molar-refractivity contribution in [2.45, 2.75) is 24.3 Å². The molecule has 0 amide bonds. The van der Waals surface area contributed by atoms with E-state index in [-0.39, 0.29) is 0 Å². The summed E-state index contributed by atoms with van der Waals surface area (Å²) >= 11 is 9.47. The minimum Gasteiger partial charge on any atom is -0.313 e. The molecule has 5 heteroatoms. The van der Waals surface area contributed by atoms with Gasteiger partial charge in [-0.1, -0.05) is 18.5 Å². The number of thioether (sulfide) groups is 1. The summed E-state index contributed by atoms with van der Waals surface area (Å²) in [5, 5.41) is 7.54. The number of hydrogen-bond acceptors (Lipinski definition) is 4. The lowest BCUT2D eigenvalue weighted by Crippen LogP contribution is -2.33. The van der Waals surface area contributed by atoms with E-state index in [1.165, 1.54) is 9.90 Å². The molecule has 0 radical (unpaired) electrons. The molecule has 0 bridgehead atoms. The van der Waals surface area contributed by atoms with Crippen LogP contribution in [0.2, 0.25) is 5.02 Å². The van der Waals surface area contributed by atoms with Crippen LogP contribution in [-0.4, -0.2) is 23.3 Å². The second-order valence-electron chi connectivity index (χ2n) is 4.15. The normalized spacial score (nSPS) is 12.5. The molecule has 0 aliphatic rings. The summed E-state index contributed by atoms with van der Waals surface area (Å²) in [7, 11) is 0. The number of nitrogens with zero attached hydrogens (tertiary/aromatic N) is 1. The Balaban J connectivity index is 1.87.